The second-order valence-electron chi connectivity index (χ2n) is 6.51. The van der Waals surface area contributed by atoms with Crippen LogP contribution >= 0.6 is 24.4 Å². The molecule has 0 aliphatic carbocycles. The molecule has 0 spiro atoms. The number of thioether (sulfide) groups is 1. The number of aliphatic carboxylic acids is 1. The molecule has 1 unspecified atom stereocenters. The lowest BCUT2D eigenvalue weighted by atomic mass is 9.97. The van der Waals surface area contributed by atoms with Gasteiger partial charge in [-0.25, -0.2) is 4.79 Å². The molecule has 7 heteroatoms. The van der Waals surface area contributed by atoms with Gasteiger partial charge in [-0.3, -0.25) is 4.79 Å². The highest BCUT2D eigenvalue weighted by Crippen LogP contribution is 2.18. The number of anilines is 1. The van der Waals surface area contributed by atoms with Crippen molar-refractivity contribution in [3.8, 4) is 0 Å². The van der Waals surface area contributed by atoms with E-state index in [-0.39, 0.29) is 17.7 Å². The van der Waals surface area contributed by atoms with E-state index >= 15 is 0 Å². The van der Waals surface area contributed by atoms with Crippen molar-refractivity contribution in [3.63, 3.8) is 0 Å². The Balaban J connectivity index is 2.55. The number of thiol groups is 1. The van der Waals surface area contributed by atoms with Crippen LogP contribution in [-0.2, 0) is 15.3 Å². The van der Waals surface area contributed by atoms with Crippen LogP contribution in [0.15, 0.2) is 24.3 Å². The highest BCUT2D eigenvalue weighted by Gasteiger charge is 2.26. The zero-order valence-corrected chi connectivity index (χ0v) is 16.9. The van der Waals surface area contributed by atoms with Crippen LogP contribution < -0.4 is 10.2 Å². The normalized spacial score (nSPS) is 13.4. The van der Waals surface area contributed by atoms with Gasteiger partial charge in [0.25, 0.3) is 0 Å². The van der Waals surface area contributed by atoms with Crippen molar-refractivity contribution in [3.05, 3.63) is 29.8 Å². The number of carboxylic acid groups (broad SMARTS) is 1. The van der Waals surface area contributed by atoms with Crippen LogP contribution in [0.4, 0.5) is 5.69 Å². The maximum absolute atomic E-state index is 12.2. The van der Waals surface area contributed by atoms with Gasteiger partial charge in [0.05, 0.1) is 0 Å². The zero-order valence-electron chi connectivity index (χ0n) is 15.2. The summed E-state index contributed by atoms with van der Waals surface area (Å²) in [7, 11) is 3.97. The quantitative estimate of drug-likeness (QED) is 0.541. The van der Waals surface area contributed by atoms with Gasteiger partial charge in [0.1, 0.15) is 6.04 Å². The SMILES string of the molecule is CC(C)C(CS)C(=O)N[C@@H](CSCc1ccc(N(C)C)cc1)C(=O)O. The third-order valence-corrected chi connectivity index (χ3v) is 5.46. The molecule has 2 N–H and O–H groups in total. The Morgan fingerprint density at radius 3 is 2.28 bits per heavy atom. The Morgan fingerprint density at radius 1 is 1.24 bits per heavy atom. The van der Waals surface area contributed by atoms with Crippen LogP contribution in [0.25, 0.3) is 0 Å². The molecule has 0 saturated heterocycles. The van der Waals surface area contributed by atoms with Crippen molar-refractivity contribution < 1.29 is 14.7 Å². The van der Waals surface area contributed by atoms with E-state index in [1.54, 1.807) is 0 Å². The molecule has 0 aromatic heterocycles. The predicted octanol–water partition coefficient (Wildman–Crippen LogP) is 2.76. The van der Waals surface area contributed by atoms with Gasteiger partial charge >= 0.3 is 5.97 Å². The van der Waals surface area contributed by atoms with Crippen LogP contribution in [0.3, 0.4) is 0 Å². The van der Waals surface area contributed by atoms with Crippen LogP contribution in [0.2, 0.25) is 0 Å². The molecule has 1 rings (SSSR count). The summed E-state index contributed by atoms with van der Waals surface area (Å²) in [5.41, 5.74) is 2.25. The van der Waals surface area contributed by atoms with E-state index in [9.17, 15) is 14.7 Å². The lowest BCUT2D eigenvalue weighted by molar-refractivity contribution is -0.141. The van der Waals surface area contributed by atoms with Gasteiger partial charge < -0.3 is 15.3 Å². The minimum absolute atomic E-state index is 0.120. The summed E-state index contributed by atoms with van der Waals surface area (Å²) >= 11 is 5.69. The maximum atomic E-state index is 12.2. The molecule has 0 aliphatic rings. The van der Waals surface area contributed by atoms with Crippen LogP contribution in [-0.4, -0.2) is 48.6 Å². The molecule has 1 amide bonds. The first-order valence-electron chi connectivity index (χ1n) is 8.24. The first-order chi connectivity index (χ1) is 11.8. The fraction of sp³-hybridized carbons (Fsp3) is 0.556. The lowest BCUT2D eigenvalue weighted by Crippen LogP contribution is -2.46. The van der Waals surface area contributed by atoms with Crippen molar-refractivity contribution in [1.82, 2.24) is 5.32 Å². The number of amides is 1. The van der Waals surface area contributed by atoms with Gasteiger partial charge in [-0.15, -0.1) is 0 Å². The largest absolute Gasteiger partial charge is 0.480 e. The first-order valence-corrected chi connectivity index (χ1v) is 10.0. The average Bonchev–Trinajstić information content (AvgIpc) is 2.54. The Hall–Kier alpha value is -1.34. The van der Waals surface area contributed by atoms with E-state index in [2.05, 4.69) is 17.9 Å². The summed E-state index contributed by atoms with van der Waals surface area (Å²) in [6.45, 7) is 3.87. The van der Waals surface area contributed by atoms with E-state index in [0.29, 0.717) is 17.3 Å². The Labute approximate surface area is 160 Å². The third-order valence-electron chi connectivity index (χ3n) is 3.96. The molecule has 0 saturated carbocycles. The number of carbonyl (C=O) groups is 2. The molecule has 2 atom stereocenters. The molecular weight excluding hydrogens is 356 g/mol. The minimum atomic E-state index is -1.01. The van der Waals surface area contributed by atoms with E-state index in [0.717, 1.165) is 11.3 Å². The second kappa shape index (κ2) is 10.6. The highest BCUT2D eigenvalue weighted by molar-refractivity contribution is 7.98. The summed E-state index contributed by atoms with van der Waals surface area (Å²) in [5.74, 6) is 0.0187. The third kappa shape index (κ3) is 7.20. The fourth-order valence-corrected chi connectivity index (χ4v) is 3.83. The minimum Gasteiger partial charge on any atom is -0.480 e. The molecule has 0 aliphatic heterocycles. The summed E-state index contributed by atoms with van der Waals surface area (Å²) in [6.07, 6.45) is 0. The summed E-state index contributed by atoms with van der Waals surface area (Å²) in [4.78, 5) is 25.7. The molecule has 0 bridgehead atoms. The second-order valence-corrected chi connectivity index (χ2v) is 7.90. The van der Waals surface area contributed by atoms with E-state index < -0.39 is 12.0 Å². The predicted molar refractivity (Wildman–Crippen MR) is 109 cm³/mol. The average molecular weight is 385 g/mol. The topological polar surface area (TPSA) is 69.6 Å². The molecule has 1 aromatic rings. The van der Waals surface area contributed by atoms with Gasteiger partial charge in [0.2, 0.25) is 5.91 Å². The fourth-order valence-electron chi connectivity index (χ4n) is 2.23. The number of nitrogens with zero attached hydrogens (tertiary/aromatic N) is 1. The first kappa shape index (κ1) is 21.7. The summed E-state index contributed by atoms with van der Waals surface area (Å²) < 4.78 is 0. The van der Waals surface area contributed by atoms with Gasteiger partial charge in [0, 0.05) is 43.0 Å². The van der Waals surface area contributed by atoms with Crippen molar-refractivity contribution in [2.45, 2.75) is 25.6 Å². The number of nitrogens with one attached hydrogen (secondary N) is 1. The van der Waals surface area contributed by atoms with E-state index in [4.69, 9.17) is 0 Å². The van der Waals surface area contributed by atoms with Crippen molar-refractivity contribution in [2.24, 2.45) is 11.8 Å². The monoisotopic (exact) mass is 384 g/mol. The molecule has 0 heterocycles. The zero-order chi connectivity index (χ0) is 19.0. The molecular formula is C18H28N2O3S2. The Kier molecular flexibility index (Phi) is 9.21. The summed E-state index contributed by atoms with van der Waals surface area (Å²) in [5, 5.41) is 12.0. The number of hydrogen-bond donors (Lipinski definition) is 3. The van der Waals surface area contributed by atoms with Crippen LogP contribution in [0, 0.1) is 11.8 Å². The van der Waals surface area contributed by atoms with Crippen molar-refractivity contribution >= 4 is 42.0 Å². The number of carbonyl (C=O) groups excluding carboxylic acids is 1. The molecule has 0 radical (unpaired) electrons. The number of rotatable bonds is 10. The standard InChI is InChI=1S/C18H28N2O3S2/c1-12(2)15(9-24)17(21)19-16(18(22)23)11-25-10-13-5-7-14(8-6-13)20(3)4/h5-8,12,15-16,24H,9-11H2,1-4H3,(H,19,21)(H,22,23)/t15?,16-/m0/s1. The Morgan fingerprint density at radius 2 is 1.84 bits per heavy atom. The van der Waals surface area contributed by atoms with Gasteiger partial charge in [0.15, 0.2) is 0 Å². The number of hydrogen-bond acceptors (Lipinski definition) is 5. The van der Waals surface area contributed by atoms with Crippen LogP contribution in [0.5, 0.6) is 0 Å². The van der Waals surface area contributed by atoms with Gasteiger partial charge in [-0.2, -0.15) is 24.4 Å². The van der Waals surface area contributed by atoms with E-state index in [1.165, 1.54) is 11.8 Å². The lowest BCUT2D eigenvalue weighted by Gasteiger charge is -2.21. The van der Waals surface area contributed by atoms with Crippen molar-refractivity contribution in [1.29, 1.82) is 0 Å². The molecule has 1 aromatic carbocycles. The maximum Gasteiger partial charge on any atom is 0.327 e. The van der Waals surface area contributed by atoms with Crippen molar-refractivity contribution in [2.75, 3.05) is 30.5 Å². The van der Waals surface area contributed by atoms with E-state index in [1.807, 2.05) is 57.1 Å². The highest BCUT2D eigenvalue weighted by atomic mass is 32.2. The van der Waals surface area contributed by atoms with Crippen LogP contribution in [0.1, 0.15) is 19.4 Å². The number of carboxylic acids is 1. The summed E-state index contributed by atoms with van der Waals surface area (Å²) in [6, 6.07) is 7.25. The molecule has 5 nitrogen and oxygen atoms in total. The Bertz CT molecular complexity index is 562. The molecule has 0 fully saturated rings. The number of benzene rings is 1. The van der Waals surface area contributed by atoms with Gasteiger partial charge in [-0.05, 0) is 23.6 Å². The smallest absolute Gasteiger partial charge is 0.327 e. The van der Waals surface area contributed by atoms with Gasteiger partial charge in [-0.1, -0.05) is 26.0 Å². The molecule has 25 heavy (non-hydrogen) atoms. The molecule has 140 valence electrons.